The van der Waals surface area contributed by atoms with E-state index < -0.39 is 11.7 Å². The number of hydrogen-bond acceptors (Lipinski definition) is 2. The van der Waals surface area contributed by atoms with E-state index in [1.807, 2.05) is 0 Å². The highest BCUT2D eigenvalue weighted by Crippen LogP contribution is 2.32. The summed E-state index contributed by atoms with van der Waals surface area (Å²) in [5.41, 5.74) is -0.451. The molecule has 0 aliphatic heterocycles. The summed E-state index contributed by atoms with van der Waals surface area (Å²) in [6, 6.07) is 3.17. The van der Waals surface area contributed by atoms with E-state index in [1.54, 1.807) is 0 Å². The molecule has 0 bridgehead atoms. The van der Waals surface area contributed by atoms with E-state index in [-0.39, 0.29) is 5.69 Å². The van der Waals surface area contributed by atoms with Gasteiger partial charge in [-0.1, -0.05) is 0 Å². The maximum absolute atomic E-state index is 12.2. The number of nitrogens with zero attached hydrogens (tertiary/aromatic N) is 1. The monoisotopic (exact) mass is 201 g/mol. The van der Waals surface area contributed by atoms with E-state index in [2.05, 4.69) is 4.99 Å². The van der Waals surface area contributed by atoms with Crippen LogP contribution in [0, 0.1) is 6.92 Å². The minimum Gasteiger partial charge on any atom is -0.211 e. The van der Waals surface area contributed by atoms with Crippen molar-refractivity contribution in [2.24, 2.45) is 4.99 Å². The van der Waals surface area contributed by atoms with Gasteiger partial charge in [0.2, 0.25) is 6.08 Å². The molecule has 14 heavy (non-hydrogen) atoms. The van der Waals surface area contributed by atoms with Gasteiger partial charge in [0.1, 0.15) is 0 Å². The summed E-state index contributed by atoms with van der Waals surface area (Å²) in [7, 11) is 0. The van der Waals surface area contributed by atoms with Crippen LogP contribution in [-0.2, 0) is 11.0 Å². The van der Waals surface area contributed by atoms with Gasteiger partial charge in [0.25, 0.3) is 0 Å². The Hall–Kier alpha value is -1.61. The largest absolute Gasteiger partial charge is 0.416 e. The van der Waals surface area contributed by atoms with E-state index in [9.17, 15) is 18.0 Å². The van der Waals surface area contributed by atoms with Crippen molar-refractivity contribution in [3.8, 4) is 0 Å². The van der Waals surface area contributed by atoms with Crippen molar-refractivity contribution >= 4 is 11.8 Å². The summed E-state index contributed by atoms with van der Waals surface area (Å²) in [6.07, 6.45) is -3.22. The summed E-state index contributed by atoms with van der Waals surface area (Å²) >= 11 is 0. The zero-order valence-electron chi connectivity index (χ0n) is 7.22. The second-order valence-electron chi connectivity index (χ2n) is 2.76. The first kappa shape index (κ1) is 10.5. The minimum absolute atomic E-state index is 0.0349. The average Bonchev–Trinajstić information content (AvgIpc) is 2.02. The van der Waals surface area contributed by atoms with Crippen molar-refractivity contribution in [3.63, 3.8) is 0 Å². The van der Waals surface area contributed by atoms with Gasteiger partial charge >= 0.3 is 6.18 Å². The molecule has 5 heteroatoms. The topological polar surface area (TPSA) is 29.4 Å². The van der Waals surface area contributed by atoms with Crippen LogP contribution in [0.3, 0.4) is 0 Å². The first-order valence-corrected chi connectivity index (χ1v) is 3.70. The zero-order chi connectivity index (χ0) is 10.8. The van der Waals surface area contributed by atoms with Crippen LogP contribution in [0.4, 0.5) is 18.9 Å². The number of aryl methyl sites for hydroxylation is 1. The highest BCUT2D eigenvalue weighted by atomic mass is 19.4. The maximum Gasteiger partial charge on any atom is 0.416 e. The summed E-state index contributed by atoms with van der Waals surface area (Å²) in [5, 5.41) is 0. The van der Waals surface area contributed by atoms with Gasteiger partial charge in [-0.3, -0.25) is 0 Å². The molecule has 0 amide bonds. The van der Waals surface area contributed by atoms with Crippen LogP contribution in [0.25, 0.3) is 0 Å². The highest BCUT2D eigenvalue weighted by molar-refractivity contribution is 5.52. The third-order valence-electron chi connectivity index (χ3n) is 1.56. The van der Waals surface area contributed by atoms with Crippen LogP contribution in [0.2, 0.25) is 0 Å². The molecule has 0 aliphatic rings. The van der Waals surface area contributed by atoms with Gasteiger partial charge in [-0.05, 0) is 30.7 Å². The number of alkyl halides is 3. The van der Waals surface area contributed by atoms with Crippen molar-refractivity contribution in [2.75, 3.05) is 0 Å². The molecule has 0 atom stereocenters. The van der Waals surface area contributed by atoms with Crippen LogP contribution >= 0.6 is 0 Å². The van der Waals surface area contributed by atoms with Crippen molar-refractivity contribution in [3.05, 3.63) is 29.3 Å². The van der Waals surface area contributed by atoms with Crippen molar-refractivity contribution in [1.82, 2.24) is 0 Å². The summed E-state index contributed by atoms with van der Waals surface area (Å²) < 4.78 is 36.7. The second kappa shape index (κ2) is 3.64. The Morgan fingerprint density at radius 1 is 1.29 bits per heavy atom. The molecule has 0 saturated carbocycles. The number of benzene rings is 1. The van der Waals surface area contributed by atoms with E-state index in [4.69, 9.17) is 0 Å². The third kappa shape index (κ3) is 2.44. The Morgan fingerprint density at radius 2 is 1.93 bits per heavy atom. The molecule has 0 aromatic heterocycles. The smallest absolute Gasteiger partial charge is 0.211 e. The van der Waals surface area contributed by atoms with Gasteiger partial charge < -0.3 is 0 Å². The number of aliphatic imine (C=N–C) groups is 1. The van der Waals surface area contributed by atoms with E-state index >= 15 is 0 Å². The molecule has 1 aromatic carbocycles. The predicted molar refractivity (Wildman–Crippen MR) is 44.0 cm³/mol. The standard InChI is InChI=1S/C9H6F3NO/c1-6-2-7(9(10,11)12)4-8(3-6)13-5-14/h2-4H,1H3. The Bertz CT molecular complexity index is 392. The van der Waals surface area contributed by atoms with Crippen LogP contribution < -0.4 is 0 Å². The van der Waals surface area contributed by atoms with Crippen molar-refractivity contribution < 1.29 is 18.0 Å². The average molecular weight is 201 g/mol. The SMILES string of the molecule is Cc1cc(N=C=O)cc(C(F)(F)F)c1. The lowest BCUT2D eigenvalue weighted by molar-refractivity contribution is -0.137. The lowest BCUT2D eigenvalue weighted by atomic mass is 10.1. The predicted octanol–water partition coefficient (Wildman–Crippen LogP) is 2.98. The molecule has 0 radical (unpaired) electrons. The molecule has 74 valence electrons. The first-order chi connectivity index (χ1) is 6.43. The lowest BCUT2D eigenvalue weighted by Crippen LogP contribution is -2.04. The molecule has 0 aliphatic carbocycles. The van der Waals surface area contributed by atoms with Gasteiger partial charge in [0.15, 0.2) is 0 Å². The fourth-order valence-electron chi connectivity index (χ4n) is 1.04. The second-order valence-corrected chi connectivity index (χ2v) is 2.76. The molecule has 1 rings (SSSR count). The Morgan fingerprint density at radius 3 is 2.43 bits per heavy atom. The Kier molecular flexibility index (Phi) is 2.72. The van der Waals surface area contributed by atoms with Crippen LogP contribution in [0.1, 0.15) is 11.1 Å². The van der Waals surface area contributed by atoms with Crippen LogP contribution in [0.5, 0.6) is 0 Å². The van der Waals surface area contributed by atoms with Crippen LogP contribution in [0.15, 0.2) is 23.2 Å². The fraction of sp³-hybridized carbons (Fsp3) is 0.222. The molecular formula is C9H6F3NO. The molecule has 1 aromatic rings. The van der Waals surface area contributed by atoms with E-state index in [0.717, 1.165) is 12.1 Å². The van der Waals surface area contributed by atoms with Gasteiger partial charge in [-0.25, -0.2) is 4.79 Å². The number of rotatable bonds is 1. The molecular weight excluding hydrogens is 195 g/mol. The molecule has 0 unspecified atom stereocenters. The molecule has 0 saturated heterocycles. The summed E-state index contributed by atoms with van der Waals surface area (Å²) in [4.78, 5) is 13.0. The number of hydrogen-bond donors (Lipinski definition) is 0. The highest BCUT2D eigenvalue weighted by Gasteiger charge is 2.30. The third-order valence-corrected chi connectivity index (χ3v) is 1.56. The quantitative estimate of drug-likeness (QED) is 0.507. The maximum atomic E-state index is 12.2. The summed E-state index contributed by atoms with van der Waals surface area (Å²) in [6.45, 7) is 1.50. The Balaban J connectivity index is 3.27. The van der Waals surface area contributed by atoms with E-state index in [1.165, 1.54) is 19.1 Å². The van der Waals surface area contributed by atoms with Crippen molar-refractivity contribution in [2.45, 2.75) is 13.1 Å². The Labute approximate surface area is 78.1 Å². The molecule has 2 nitrogen and oxygen atoms in total. The van der Waals surface area contributed by atoms with Gasteiger partial charge in [0.05, 0.1) is 11.3 Å². The molecule has 0 spiro atoms. The van der Waals surface area contributed by atoms with Gasteiger partial charge in [-0.15, -0.1) is 0 Å². The van der Waals surface area contributed by atoms with E-state index in [0.29, 0.717) is 5.56 Å². The zero-order valence-corrected chi connectivity index (χ0v) is 7.22. The van der Waals surface area contributed by atoms with Crippen molar-refractivity contribution in [1.29, 1.82) is 0 Å². The molecule has 0 heterocycles. The van der Waals surface area contributed by atoms with Gasteiger partial charge in [-0.2, -0.15) is 18.2 Å². The fourth-order valence-corrected chi connectivity index (χ4v) is 1.04. The first-order valence-electron chi connectivity index (χ1n) is 3.70. The minimum atomic E-state index is -4.42. The molecule has 0 fully saturated rings. The van der Waals surface area contributed by atoms with Crippen LogP contribution in [-0.4, -0.2) is 6.08 Å². The van der Waals surface area contributed by atoms with Gasteiger partial charge in [0, 0.05) is 0 Å². The molecule has 0 N–H and O–H groups in total. The number of halogens is 3. The normalized spacial score (nSPS) is 10.9. The number of isocyanates is 1. The lowest BCUT2D eigenvalue weighted by Gasteiger charge is -2.07. The summed E-state index contributed by atoms with van der Waals surface area (Å²) in [5.74, 6) is 0. The number of carbonyl (C=O) groups excluding carboxylic acids is 1.